The minimum Gasteiger partial charge on any atom is -0.303 e. The Morgan fingerprint density at radius 1 is 1.33 bits per heavy atom. The first kappa shape index (κ1) is 9.85. The van der Waals surface area contributed by atoms with E-state index in [9.17, 15) is 4.79 Å². The van der Waals surface area contributed by atoms with Crippen molar-refractivity contribution in [1.82, 2.24) is 0 Å². The number of carbonyl (C=O) groups excluding carboxylic acids is 1. The van der Waals surface area contributed by atoms with Crippen molar-refractivity contribution in [1.29, 1.82) is 0 Å². The quantitative estimate of drug-likeness (QED) is 0.729. The predicted molar refractivity (Wildman–Crippen MR) is 49.1 cm³/mol. The number of aldehydes is 1. The van der Waals surface area contributed by atoms with E-state index in [1.54, 1.807) is 0 Å². The van der Waals surface area contributed by atoms with Crippen LogP contribution in [0.25, 0.3) is 0 Å². The molecule has 0 saturated heterocycles. The van der Waals surface area contributed by atoms with Gasteiger partial charge in [0.2, 0.25) is 0 Å². The second-order valence-corrected chi connectivity index (χ2v) is 4.98. The fourth-order valence-electron chi connectivity index (χ4n) is 0.280. The molecule has 0 aliphatic heterocycles. The average molecular weight is 321 g/mol. The van der Waals surface area contributed by atoms with Crippen molar-refractivity contribution < 1.29 is 4.79 Å². The first-order valence-corrected chi connectivity index (χ1v) is 4.69. The van der Waals surface area contributed by atoms with Gasteiger partial charge in [-0.25, -0.2) is 0 Å². The molecule has 0 aromatic rings. The Morgan fingerprint density at radius 2 is 1.89 bits per heavy atom. The highest BCUT2D eigenvalue weighted by atomic mass is 79.9. The first-order chi connectivity index (χ1) is 4.18. The van der Waals surface area contributed by atoms with E-state index in [4.69, 9.17) is 0 Å². The molecule has 0 saturated carbocycles. The number of carbonyl (C=O) groups is 1. The van der Waals surface area contributed by atoms with Gasteiger partial charge in [0.1, 0.15) is 6.29 Å². The molecule has 52 valence electrons. The molecule has 0 spiro atoms. The average Bonchev–Trinajstić information content (AvgIpc) is 1.82. The number of halogens is 3. The number of rotatable bonds is 3. The zero-order chi connectivity index (χ0) is 7.28. The molecule has 0 heterocycles. The molecule has 0 aromatic carbocycles. The van der Waals surface area contributed by atoms with Gasteiger partial charge in [-0.05, 0) is 38.3 Å². The number of hydrogen-bond donors (Lipinski definition) is 0. The van der Waals surface area contributed by atoms with E-state index in [1.165, 1.54) is 0 Å². The van der Waals surface area contributed by atoms with Crippen LogP contribution in [0.3, 0.4) is 0 Å². The van der Waals surface area contributed by atoms with Crippen molar-refractivity contribution >= 4 is 54.1 Å². The van der Waals surface area contributed by atoms with Crippen LogP contribution in [0.1, 0.15) is 12.8 Å². The minimum absolute atomic E-state index is 0.557. The van der Waals surface area contributed by atoms with Gasteiger partial charge in [0.15, 0.2) is 0 Å². The summed E-state index contributed by atoms with van der Waals surface area (Å²) in [6.45, 7) is 0. The molecule has 0 radical (unpaired) electrons. The summed E-state index contributed by atoms with van der Waals surface area (Å²) in [5.74, 6) is 0. The maximum Gasteiger partial charge on any atom is 0.120 e. The minimum atomic E-state index is 0.557. The van der Waals surface area contributed by atoms with Crippen LogP contribution in [0.5, 0.6) is 0 Å². The Kier molecular flexibility index (Phi) is 6.15. The first-order valence-electron chi connectivity index (χ1n) is 2.31. The van der Waals surface area contributed by atoms with Gasteiger partial charge < -0.3 is 4.79 Å². The summed E-state index contributed by atoms with van der Waals surface area (Å²) in [6.07, 6.45) is 2.20. The summed E-state index contributed by atoms with van der Waals surface area (Å²) < 4.78 is 1.85. The second-order valence-electron chi connectivity index (χ2n) is 1.37. The Labute approximate surface area is 79.3 Å². The van der Waals surface area contributed by atoms with Gasteiger partial charge in [-0.1, -0.05) is 15.9 Å². The molecule has 0 fully saturated rings. The summed E-state index contributed by atoms with van der Waals surface area (Å²) in [5, 5.41) is 0. The third kappa shape index (κ3) is 5.30. The SMILES string of the molecule is O=CCCC(Br)=C(Br)Br. The van der Waals surface area contributed by atoms with E-state index in [0.717, 1.165) is 20.6 Å². The van der Waals surface area contributed by atoms with Crippen molar-refractivity contribution in [2.45, 2.75) is 12.8 Å². The van der Waals surface area contributed by atoms with Crippen molar-refractivity contribution in [3.05, 3.63) is 7.87 Å². The van der Waals surface area contributed by atoms with Gasteiger partial charge in [-0.2, -0.15) is 0 Å². The van der Waals surface area contributed by atoms with Gasteiger partial charge >= 0.3 is 0 Å². The highest BCUT2D eigenvalue weighted by Crippen LogP contribution is 2.26. The van der Waals surface area contributed by atoms with Crippen LogP contribution in [0.2, 0.25) is 0 Å². The van der Waals surface area contributed by atoms with Crippen LogP contribution in [-0.4, -0.2) is 6.29 Å². The topological polar surface area (TPSA) is 17.1 Å². The Morgan fingerprint density at radius 3 is 2.22 bits per heavy atom. The van der Waals surface area contributed by atoms with E-state index >= 15 is 0 Å². The van der Waals surface area contributed by atoms with Crippen LogP contribution < -0.4 is 0 Å². The van der Waals surface area contributed by atoms with Crippen molar-refractivity contribution in [2.24, 2.45) is 0 Å². The zero-order valence-electron chi connectivity index (χ0n) is 4.53. The molecule has 0 rings (SSSR count). The smallest absolute Gasteiger partial charge is 0.120 e. The molecule has 0 aromatic heterocycles. The maximum atomic E-state index is 9.86. The Balaban J connectivity index is 3.62. The fraction of sp³-hybridized carbons (Fsp3) is 0.400. The van der Waals surface area contributed by atoms with Crippen molar-refractivity contribution in [3.8, 4) is 0 Å². The molecular weight excluding hydrogens is 316 g/mol. The Bertz CT molecular complexity index is 126. The maximum absolute atomic E-state index is 9.86. The van der Waals surface area contributed by atoms with Crippen LogP contribution in [0.4, 0.5) is 0 Å². The lowest BCUT2D eigenvalue weighted by atomic mass is 10.3. The molecule has 0 bridgehead atoms. The molecule has 0 amide bonds. The standard InChI is InChI=1S/C5H5Br3O/c6-4(5(7)8)2-1-3-9/h3H,1-2H2. The monoisotopic (exact) mass is 318 g/mol. The molecule has 0 N–H and O–H groups in total. The molecule has 4 heteroatoms. The lowest BCUT2D eigenvalue weighted by molar-refractivity contribution is -0.107. The largest absolute Gasteiger partial charge is 0.303 e. The third-order valence-corrected chi connectivity index (χ3v) is 3.50. The molecule has 9 heavy (non-hydrogen) atoms. The summed E-state index contributed by atoms with van der Waals surface area (Å²) in [4.78, 5) is 9.86. The molecule has 0 aliphatic carbocycles. The Hall–Kier alpha value is 0.850. The van der Waals surface area contributed by atoms with Gasteiger partial charge in [0, 0.05) is 10.9 Å². The molecule has 0 aliphatic rings. The zero-order valence-corrected chi connectivity index (χ0v) is 9.29. The van der Waals surface area contributed by atoms with E-state index in [0.29, 0.717) is 6.42 Å². The van der Waals surface area contributed by atoms with Crippen LogP contribution in [0.15, 0.2) is 7.87 Å². The summed E-state index contributed by atoms with van der Waals surface area (Å²) in [5.41, 5.74) is 0. The van der Waals surface area contributed by atoms with Gasteiger partial charge in [0.05, 0.1) is 3.39 Å². The molecule has 0 unspecified atom stereocenters. The van der Waals surface area contributed by atoms with E-state index in [1.807, 2.05) is 0 Å². The fourth-order valence-corrected chi connectivity index (χ4v) is 0.906. The summed E-state index contributed by atoms with van der Waals surface area (Å²) in [7, 11) is 0. The van der Waals surface area contributed by atoms with Crippen LogP contribution >= 0.6 is 47.8 Å². The lowest BCUT2D eigenvalue weighted by Gasteiger charge is -1.92. The van der Waals surface area contributed by atoms with Gasteiger partial charge in [-0.15, -0.1) is 0 Å². The molecule has 1 nitrogen and oxygen atoms in total. The molecular formula is C5H5Br3O. The van der Waals surface area contributed by atoms with Crippen molar-refractivity contribution in [2.75, 3.05) is 0 Å². The number of hydrogen-bond acceptors (Lipinski definition) is 1. The van der Waals surface area contributed by atoms with Crippen molar-refractivity contribution in [3.63, 3.8) is 0 Å². The van der Waals surface area contributed by atoms with Gasteiger partial charge in [-0.3, -0.25) is 0 Å². The summed E-state index contributed by atoms with van der Waals surface area (Å²) in [6, 6.07) is 0. The highest BCUT2D eigenvalue weighted by molar-refractivity contribution is 9.29. The normalized spacial score (nSPS) is 8.78. The highest BCUT2D eigenvalue weighted by Gasteiger charge is 1.94. The van der Waals surface area contributed by atoms with Gasteiger partial charge in [0.25, 0.3) is 0 Å². The van der Waals surface area contributed by atoms with Crippen LogP contribution in [0, 0.1) is 0 Å². The second kappa shape index (κ2) is 5.62. The van der Waals surface area contributed by atoms with Crippen LogP contribution in [-0.2, 0) is 4.79 Å². The molecule has 0 atom stereocenters. The van der Waals surface area contributed by atoms with E-state index < -0.39 is 0 Å². The van der Waals surface area contributed by atoms with E-state index in [2.05, 4.69) is 47.8 Å². The number of allylic oxidation sites excluding steroid dienone is 1. The third-order valence-electron chi connectivity index (χ3n) is 0.687. The summed E-state index contributed by atoms with van der Waals surface area (Å²) >= 11 is 9.68. The predicted octanol–water partition coefficient (Wildman–Crippen LogP) is 3.32. The lowest BCUT2D eigenvalue weighted by Crippen LogP contribution is -1.75. The van der Waals surface area contributed by atoms with E-state index in [-0.39, 0.29) is 0 Å².